The second kappa shape index (κ2) is 6.51. The van der Waals surface area contributed by atoms with Crippen LogP contribution in [0.3, 0.4) is 0 Å². The summed E-state index contributed by atoms with van der Waals surface area (Å²) in [6.07, 6.45) is 5.24. The molecule has 27 heavy (non-hydrogen) atoms. The van der Waals surface area contributed by atoms with Crippen molar-refractivity contribution in [1.29, 1.82) is 0 Å². The number of nitrogens with zero attached hydrogens (tertiary/aromatic N) is 2. The lowest BCUT2D eigenvalue weighted by Crippen LogP contribution is -2.36. The molecule has 2 heterocycles. The largest absolute Gasteiger partial charge is 0.465 e. The lowest BCUT2D eigenvalue weighted by molar-refractivity contribution is -0.135. The highest BCUT2D eigenvalue weighted by Gasteiger charge is 2.41. The number of halogens is 1. The van der Waals surface area contributed by atoms with Crippen LogP contribution in [0.5, 0.6) is 0 Å². The van der Waals surface area contributed by atoms with Gasteiger partial charge in [-0.05, 0) is 43.7 Å². The predicted molar refractivity (Wildman–Crippen MR) is 99.8 cm³/mol. The molecular formula is C19H23FN2O4S. The van der Waals surface area contributed by atoms with E-state index in [1.54, 1.807) is 11.0 Å². The molecule has 4 rings (SSSR count). The number of methoxy groups -OCH3 is 1. The Morgan fingerprint density at radius 1 is 1.22 bits per heavy atom. The van der Waals surface area contributed by atoms with E-state index in [-0.39, 0.29) is 10.9 Å². The SMILES string of the molecule is COC(=O)C1=CN(C2CC2)c2cc(N3CCCC(C)C3)c(F)cc2S1(=O)=O. The highest BCUT2D eigenvalue weighted by molar-refractivity contribution is 7.96. The van der Waals surface area contributed by atoms with Gasteiger partial charge in [0.1, 0.15) is 5.82 Å². The Kier molecular flexibility index (Phi) is 4.41. The van der Waals surface area contributed by atoms with E-state index < -0.39 is 26.5 Å². The molecule has 1 saturated heterocycles. The van der Waals surface area contributed by atoms with Crippen LogP contribution in [0.25, 0.3) is 0 Å². The van der Waals surface area contributed by atoms with Gasteiger partial charge in [0.05, 0.1) is 23.4 Å². The van der Waals surface area contributed by atoms with Crippen molar-refractivity contribution < 1.29 is 22.3 Å². The van der Waals surface area contributed by atoms with Crippen molar-refractivity contribution in [2.75, 3.05) is 30.0 Å². The molecule has 8 heteroatoms. The number of carbonyl (C=O) groups is 1. The summed E-state index contributed by atoms with van der Waals surface area (Å²) >= 11 is 0. The molecule has 0 radical (unpaired) electrons. The van der Waals surface area contributed by atoms with Gasteiger partial charge in [-0.25, -0.2) is 17.6 Å². The van der Waals surface area contributed by atoms with Crippen molar-refractivity contribution in [3.05, 3.63) is 29.1 Å². The van der Waals surface area contributed by atoms with Crippen molar-refractivity contribution in [3.63, 3.8) is 0 Å². The van der Waals surface area contributed by atoms with Crippen LogP contribution in [0.2, 0.25) is 0 Å². The van der Waals surface area contributed by atoms with Gasteiger partial charge in [-0.2, -0.15) is 0 Å². The van der Waals surface area contributed by atoms with Gasteiger partial charge in [0.2, 0.25) is 9.84 Å². The zero-order valence-electron chi connectivity index (χ0n) is 15.4. The van der Waals surface area contributed by atoms with E-state index in [1.807, 2.05) is 4.90 Å². The highest BCUT2D eigenvalue weighted by Crippen LogP contribution is 2.44. The number of hydrogen-bond donors (Lipinski definition) is 0. The third kappa shape index (κ3) is 3.09. The summed E-state index contributed by atoms with van der Waals surface area (Å²) in [5.74, 6) is -1.04. The number of ether oxygens (including phenoxy) is 1. The molecule has 6 nitrogen and oxygen atoms in total. The third-order valence-electron chi connectivity index (χ3n) is 5.47. The monoisotopic (exact) mass is 394 g/mol. The fourth-order valence-corrected chi connectivity index (χ4v) is 5.39. The Morgan fingerprint density at radius 2 is 1.96 bits per heavy atom. The van der Waals surface area contributed by atoms with E-state index in [1.165, 1.54) is 6.20 Å². The van der Waals surface area contributed by atoms with Gasteiger partial charge in [0.25, 0.3) is 0 Å². The molecule has 2 fully saturated rings. The number of anilines is 2. The van der Waals surface area contributed by atoms with Crippen LogP contribution in [0.15, 0.2) is 28.1 Å². The van der Waals surface area contributed by atoms with Crippen LogP contribution in [0.4, 0.5) is 15.8 Å². The topological polar surface area (TPSA) is 66.9 Å². The molecule has 1 atom stereocenters. The average Bonchev–Trinajstić information content (AvgIpc) is 3.46. The Labute approximate surface area is 158 Å². The van der Waals surface area contributed by atoms with Gasteiger partial charge in [0, 0.05) is 25.3 Å². The molecule has 1 aliphatic carbocycles. The number of rotatable bonds is 3. The number of piperidine rings is 1. The maximum absolute atomic E-state index is 14.9. The van der Waals surface area contributed by atoms with Gasteiger partial charge in [-0.3, -0.25) is 0 Å². The summed E-state index contributed by atoms with van der Waals surface area (Å²) in [7, 11) is -2.99. The predicted octanol–water partition coefficient (Wildman–Crippen LogP) is 2.83. The first-order chi connectivity index (χ1) is 12.8. The standard InChI is InChI=1S/C19H23FN2O4S/c1-12-4-3-7-21(10-12)15-9-16-17(8-14(15)20)27(24,25)18(19(23)26-2)11-22(16)13-5-6-13/h8-9,11-13H,3-7,10H2,1-2H3. The summed E-state index contributed by atoms with van der Waals surface area (Å²) in [5.41, 5.74) is 0.871. The van der Waals surface area contributed by atoms with Crippen LogP contribution in [-0.2, 0) is 19.4 Å². The minimum Gasteiger partial charge on any atom is -0.465 e. The molecule has 0 aromatic heterocycles. The van der Waals surface area contributed by atoms with Crippen molar-refractivity contribution in [2.45, 2.75) is 43.5 Å². The lowest BCUT2D eigenvalue weighted by atomic mass is 9.99. The van der Waals surface area contributed by atoms with Gasteiger partial charge < -0.3 is 14.5 Å². The van der Waals surface area contributed by atoms with Crippen LogP contribution < -0.4 is 9.80 Å². The number of esters is 1. The van der Waals surface area contributed by atoms with Crippen molar-refractivity contribution in [2.24, 2.45) is 5.92 Å². The van der Waals surface area contributed by atoms with Crippen LogP contribution in [-0.4, -0.2) is 40.6 Å². The quantitative estimate of drug-likeness (QED) is 0.735. The lowest BCUT2D eigenvalue weighted by Gasteiger charge is -2.35. The third-order valence-corrected chi connectivity index (χ3v) is 7.22. The van der Waals surface area contributed by atoms with E-state index in [9.17, 15) is 17.6 Å². The van der Waals surface area contributed by atoms with Crippen LogP contribution >= 0.6 is 0 Å². The van der Waals surface area contributed by atoms with Gasteiger partial charge >= 0.3 is 5.97 Å². The van der Waals surface area contributed by atoms with Crippen molar-refractivity contribution in [1.82, 2.24) is 0 Å². The molecule has 3 aliphatic rings. The number of benzene rings is 1. The maximum atomic E-state index is 14.9. The van der Waals surface area contributed by atoms with Gasteiger partial charge in [-0.1, -0.05) is 6.92 Å². The van der Waals surface area contributed by atoms with E-state index >= 15 is 0 Å². The first kappa shape index (κ1) is 18.3. The van der Waals surface area contributed by atoms with E-state index in [0.29, 0.717) is 17.3 Å². The summed E-state index contributed by atoms with van der Waals surface area (Å²) in [4.78, 5) is 15.2. The Morgan fingerprint density at radius 3 is 2.59 bits per heavy atom. The summed E-state index contributed by atoms with van der Waals surface area (Å²) in [6, 6.07) is 2.81. The molecule has 0 bridgehead atoms. The molecule has 2 aliphatic heterocycles. The number of hydrogen-bond acceptors (Lipinski definition) is 6. The zero-order valence-corrected chi connectivity index (χ0v) is 16.3. The second-order valence-electron chi connectivity index (χ2n) is 7.59. The zero-order chi connectivity index (χ0) is 19.3. The summed E-state index contributed by atoms with van der Waals surface area (Å²) in [6.45, 7) is 3.63. The first-order valence-corrected chi connectivity index (χ1v) is 10.7. The molecule has 1 aromatic carbocycles. The van der Waals surface area contributed by atoms with E-state index in [2.05, 4.69) is 11.7 Å². The van der Waals surface area contributed by atoms with Gasteiger partial charge in [-0.15, -0.1) is 0 Å². The molecule has 0 N–H and O–H groups in total. The number of carbonyl (C=O) groups excluding carboxylic acids is 1. The minimum atomic E-state index is -4.13. The Bertz CT molecular complexity index is 924. The second-order valence-corrected chi connectivity index (χ2v) is 9.48. The molecule has 146 valence electrons. The smallest absolute Gasteiger partial charge is 0.351 e. The average molecular weight is 394 g/mol. The molecule has 1 aromatic rings. The van der Waals surface area contributed by atoms with Crippen molar-refractivity contribution in [3.8, 4) is 0 Å². The maximum Gasteiger partial charge on any atom is 0.351 e. The molecule has 1 saturated carbocycles. The fourth-order valence-electron chi connectivity index (χ4n) is 3.90. The van der Waals surface area contributed by atoms with Crippen molar-refractivity contribution >= 4 is 27.2 Å². The van der Waals surface area contributed by atoms with Crippen LogP contribution in [0.1, 0.15) is 32.6 Å². The highest BCUT2D eigenvalue weighted by atomic mass is 32.2. The number of sulfone groups is 1. The number of fused-ring (bicyclic) bond motifs is 1. The Balaban J connectivity index is 1.84. The van der Waals surface area contributed by atoms with Crippen LogP contribution in [0, 0.1) is 11.7 Å². The summed E-state index contributed by atoms with van der Waals surface area (Å²) in [5, 5.41) is 0. The molecule has 0 amide bonds. The first-order valence-electron chi connectivity index (χ1n) is 9.25. The summed E-state index contributed by atoms with van der Waals surface area (Å²) < 4.78 is 45.4. The Hall–Kier alpha value is -2.09. The molecule has 1 unspecified atom stereocenters. The van der Waals surface area contributed by atoms with E-state index in [4.69, 9.17) is 0 Å². The fraction of sp³-hybridized carbons (Fsp3) is 0.526. The van der Waals surface area contributed by atoms with Gasteiger partial charge in [0.15, 0.2) is 4.91 Å². The van der Waals surface area contributed by atoms with E-state index in [0.717, 1.165) is 51.9 Å². The minimum absolute atomic E-state index is 0.123. The molecular weight excluding hydrogens is 371 g/mol. The molecule has 0 spiro atoms. The normalized spacial score (nSPS) is 24.3.